The summed E-state index contributed by atoms with van der Waals surface area (Å²) < 4.78 is 7.15. The number of benzene rings is 1. The van der Waals surface area contributed by atoms with E-state index < -0.39 is 0 Å². The van der Waals surface area contributed by atoms with Gasteiger partial charge in [-0.1, -0.05) is 6.07 Å². The molecule has 0 saturated heterocycles. The Kier molecular flexibility index (Phi) is 5.66. The molecule has 0 radical (unpaired) electrons. The number of rotatable bonds is 6. The average molecular weight is 362 g/mol. The van der Waals surface area contributed by atoms with Crippen molar-refractivity contribution in [1.29, 1.82) is 0 Å². The molecule has 6 heteroatoms. The van der Waals surface area contributed by atoms with Gasteiger partial charge in [-0.2, -0.15) is 5.10 Å². The minimum atomic E-state index is -0.307. The quantitative estimate of drug-likeness (QED) is 0.407. The van der Waals surface area contributed by atoms with E-state index in [1.807, 2.05) is 44.2 Å². The third-order valence-corrected chi connectivity index (χ3v) is 4.15. The van der Waals surface area contributed by atoms with E-state index in [0.29, 0.717) is 18.0 Å². The molecule has 3 rings (SSSR count). The lowest BCUT2D eigenvalue weighted by molar-refractivity contribution is 0.0526. The third-order valence-electron chi connectivity index (χ3n) is 4.15. The number of nitrogens with zero attached hydrogens (tertiary/aromatic N) is 3. The molecular formula is C21H22N4O2. The molecule has 0 amide bonds. The van der Waals surface area contributed by atoms with Crippen LogP contribution in [-0.4, -0.2) is 28.3 Å². The molecule has 0 fully saturated rings. The van der Waals surface area contributed by atoms with Gasteiger partial charge in [0.25, 0.3) is 0 Å². The Bertz CT molecular complexity index is 944. The third kappa shape index (κ3) is 4.23. The van der Waals surface area contributed by atoms with Crippen molar-refractivity contribution in [2.45, 2.75) is 20.8 Å². The fourth-order valence-corrected chi connectivity index (χ4v) is 2.87. The summed E-state index contributed by atoms with van der Waals surface area (Å²) in [6.45, 7) is 6.24. The van der Waals surface area contributed by atoms with Crippen LogP contribution in [0.4, 0.5) is 5.82 Å². The van der Waals surface area contributed by atoms with Gasteiger partial charge < -0.3 is 9.30 Å². The number of carbonyl (C=O) groups excluding carboxylic acids is 1. The fourth-order valence-electron chi connectivity index (χ4n) is 2.87. The van der Waals surface area contributed by atoms with Gasteiger partial charge in [0.2, 0.25) is 0 Å². The van der Waals surface area contributed by atoms with Crippen molar-refractivity contribution in [2.75, 3.05) is 12.0 Å². The van der Waals surface area contributed by atoms with Gasteiger partial charge in [-0.05, 0) is 63.2 Å². The molecule has 3 aromatic rings. The number of aryl methyl sites for hydroxylation is 1. The minimum Gasteiger partial charge on any atom is -0.462 e. The zero-order valence-corrected chi connectivity index (χ0v) is 15.6. The lowest BCUT2D eigenvalue weighted by Crippen LogP contribution is -2.05. The van der Waals surface area contributed by atoms with Crippen LogP contribution in [0.3, 0.4) is 0 Å². The summed E-state index contributed by atoms with van der Waals surface area (Å²) in [4.78, 5) is 16.0. The number of hydrogen-bond donors (Lipinski definition) is 1. The molecule has 2 heterocycles. The van der Waals surface area contributed by atoms with Crippen molar-refractivity contribution < 1.29 is 9.53 Å². The Morgan fingerprint density at radius 3 is 2.67 bits per heavy atom. The molecule has 2 aromatic heterocycles. The number of nitrogens with one attached hydrogen (secondary N) is 1. The Balaban J connectivity index is 1.80. The molecule has 138 valence electrons. The topological polar surface area (TPSA) is 68.5 Å². The number of ether oxygens (including phenoxy) is 1. The first kappa shape index (κ1) is 18.4. The summed E-state index contributed by atoms with van der Waals surface area (Å²) in [7, 11) is 0. The summed E-state index contributed by atoms with van der Waals surface area (Å²) >= 11 is 0. The molecule has 1 aromatic carbocycles. The number of hydrogen-bond acceptors (Lipinski definition) is 5. The number of aromatic nitrogens is 2. The molecule has 0 spiro atoms. The molecule has 0 atom stereocenters. The summed E-state index contributed by atoms with van der Waals surface area (Å²) in [5.41, 5.74) is 7.59. The number of hydrazone groups is 1. The molecule has 0 bridgehead atoms. The molecule has 1 N–H and O–H groups in total. The van der Waals surface area contributed by atoms with E-state index in [0.717, 1.165) is 22.6 Å². The van der Waals surface area contributed by atoms with Crippen LogP contribution >= 0.6 is 0 Å². The maximum absolute atomic E-state index is 11.8. The van der Waals surface area contributed by atoms with Crippen LogP contribution in [0.15, 0.2) is 59.8 Å². The monoisotopic (exact) mass is 362 g/mol. The van der Waals surface area contributed by atoms with E-state index in [1.54, 1.807) is 31.5 Å². The number of pyridine rings is 1. The molecule has 0 aliphatic heterocycles. The van der Waals surface area contributed by atoms with E-state index in [1.165, 1.54) is 0 Å². The van der Waals surface area contributed by atoms with E-state index in [-0.39, 0.29) is 5.97 Å². The largest absolute Gasteiger partial charge is 0.462 e. The molecule has 0 saturated carbocycles. The van der Waals surface area contributed by atoms with E-state index in [4.69, 9.17) is 4.74 Å². The Labute approximate surface area is 158 Å². The fraction of sp³-hybridized carbons (Fsp3) is 0.190. The van der Waals surface area contributed by atoms with Gasteiger partial charge >= 0.3 is 5.97 Å². The van der Waals surface area contributed by atoms with Crippen molar-refractivity contribution in [3.8, 4) is 5.69 Å². The SMILES string of the molecule is CCOC(=O)c1ccc(-n2c(C)cc(C=NNc3ccccn3)c2C)cc1. The number of esters is 1. The van der Waals surface area contributed by atoms with Crippen LogP contribution in [0.25, 0.3) is 5.69 Å². The maximum Gasteiger partial charge on any atom is 0.338 e. The van der Waals surface area contributed by atoms with Gasteiger partial charge in [-0.25, -0.2) is 9.78 Å². The second kappa shape index (κ2) is 8.31. The molecule has 27 heavy (non-hydrogen) atoms. The van der Waals surface area contributed by atoms with Crippen molar-refractivity contribution in [1.82, 2.24) is 9.55 Å². The summed E-state index contributed by atoms with van der Waals surface area (Å²) in [6, 6.07) is 15.1. The normalized spacial score (nSPS) is 10.9. The van der Waals surface area contributed by atoms with Crippen LogP contribution in [0, 0.1) is 13.8 Å². The first-order valence-electron chi connectivity index (χ1n) is 8.76. The first-order chi connectivity index (χ1) is 13.1. The van der Waals surface area contributed by atoms with Crippen LogP contribution in [-0.2, 0) is 4.74 Å². The highest BCUT2D eigenvalue weighted by atomic mass is 16.5. The summed E-state index contributed by atoms with van der Waals surface area (Å²) in [5, 5.41) is 4.27. The summed E-state index contributed by atoms with van der Waals surface area (Å²) in [6.07, 6.45) is 3.49. The number of carbonyl (C=O) groups is 1. The van der Waals surface area contributed by atoms with Gasteiger partial charge in [0, 0.05) is 28.8 Å². The zero-order valence-electron chi connectivity index (χ0n) is 15.6. The van der Waals surface area contributed by atoms with Crippen molar-refractivity contribution >= 4 is 18.0 Å². The van der Waals surface area contributed by atoms with Crippen LogP contribution in [0.2, 0.25) is 0 Å². The van der Waals surface area contributed by atoms with Gasteiger partial charge in [0.05, 0.1) is 18.4 Å². The zero-order chi connectivity index (χ0) is 19.2. The highest BCUT2D eigenvalue weighted by molar-refractivity contribution is 5.89. The molecular weight excluding hydrogens is 340 g/mol. The smallest absolute Gasteiger partial charge is 0.338 e. The van der Waals surface area contributed by atoms with Gasteiger partial charge in [-0.15, -0.1) is 0 Å². The second-order valence-electron chi connectivity index (χ2n) is 6.01. The molecule has 6 nitrogen and oxygen atoms in total. The molecule has 0 aliphatic rings. The molecule has 0 aliphatic carbocycles. The Morgan fingerprint density at radius 1 is 1.22 bits per heavy atom. The van der Waals surface area contributed by atoms with E-state index in [9.17, 15) is 4.79 Å². The van der Waals surface area contributed by atoms with Gasteiger partial charge in [-0.3, -0.25) is 5.43 Å². The average Bonchev–Trinajstić information content (AvgIpc) is 2.96. The van der Waals surface area contributed by atoms with Gasteiger partial charge in [0.1, 0.15) is 5.82 Å². The van der Waals surface area contributed by atoms with Gasteiger partial charge in [0.15, 0.2) is 0 Å². The van der Waals surface area contributed by atoms with Crippen molar-refractivity contribution in [2.24, 2.45) is 5.10 Å². The predicted octanol–water partition coefficient (Wildman–Crippen LogP) is 4.11. The van der Waals surface area contributed by atoms with Crippen molar-refractivity contribution in [3.05, 3.63) is 77.2 Å². The Morgan fingerprint density at radius 2 is 2.00 bits per heavy atom. The lowest BCUT2D eigenvalue weighted by atomic mass is 10.2. The second-order valence-corrected chi connectivity index (χ2v) is 6.01. The standard InChI is InChI=1S/C21H22N4O2/c1-4-27-21(26)17-8-10-19(11-9-17)25-15(2)13-18(16(25)3)14-23-24-20-7-5-6-12-22-20/h5-14H,4H2,1-3H3,(H,22,24). The van der Waals surface area contributed by atoms with E-state index >= 15 is 0 Å². The van der Waals surface area contributed by atoms with E-state index in [2.05, 4.69) is 26.1 Å². The highest BCUT2D eigenvalue weighted by Gasteiger charge is 2.11. The maximum atomic E-state index is 11.8. The highest BCUT2D eigenvalue weighted by Crippen LogP contribution is 2.20. The predicted molar refractivity (Wildman–Crippen MR) is 107 cm³/mol. The molecule has 0 unspecified atom stereocenters. The van der Waals surface area contributed by atoms with Crippen LogP contribution < -0.4 is 5.43 Å². The van der Waals surface area contributed by atoms with Crippen molar-refractivity contribution in [3.63, 3.8) is 0 Å². The van der Waals surface area contributed by atoms with Crippen LogP contribution in [0.1, 0.15) is 34.2 Å². The van der Waals surface area contributed by atoms with Crippen LogP contribution in [0.5, 0.6) is 0 Å². The first-order valence-corrected chi connectivity index (χ1v) is 8.76. The number of anilines is 1. The minimum absolute atomic E-state index is 0.307. The summed E-state index contributed by atoms with van der Waals surface area (Å²) in [5.74, 6) is 0.385. The lowest BCUT2D eigenvalue weighted by Gasteiger charge is -2.10. The Hall–Kier alpha value is -3.41.